The molecule has 0 spiro atoms. The van der Waals surface area contributed by atoms with Gasteiger partial charge in [0, 0.05) is 38.0 Å². The van der Waals surface area contributed by atoms with Gasteiger partial charge >= 0.3 is 0 Å². The topological polar surface area (TPSA) is 137 Å². The first-order valence-electron chi connectivity index (χ1n) is 21.5. The van der Waals surface area contributed by atoms with E-state index in [0.29, 0.717) is 10.9 Å². The van der Waals surface area contributed by atoms with Gasteiger partial charge in [-0.05, 0) is 85.0 Å². The summed E-state index contributed by atoms with van der Waals surface area (Å²) in [5, 5.41) is 60.1. The van der Waals surface area contributed by atoms with Crippen molar-refractivity contribution < 1.29 is 25.5 Å². The van der Waals surface area contributed by atoms with Crippen molar-refractivity contribution >= 4 is 65.3 Å². The Labute approximate surface area is 375 Å². The Morgan fingerprint density at radius 2 is 0.892 bits per heavy atom. The third-order valence-electron chi connectivity index (χ3n) is 11.6. The van der Waals surface area contributed by atoms with Crippen LogP contribution in [0.1, 0.15) is 27.7 Å². The third kappa shape index (κ3) is 7.00. The Balaban J connectivity index is 0.000000619. The Morgan fingerprint density at radius 1 is 0.415 bits per heavy atom. The van der Waals surface area contributed by atoms with E-state index in [1.807, 2.05) is 117 Å². The van der Waals surface area contributed by atoms with E-state index in [1.165, 1.54) is 5.39 Å². The molecule has 0 aliphatic heterocycles. The van der Waals surface area contributed by atoms with E-state index in [9.17, 15) is 25.5 Å². The van der Waals surface area contributed by atoms with Crippen molar-refractivity contribution in [1.82, 2.24) is 19.1 Å². The molecule has 0 saturated carbocycles. The molecule has 8 aromatic carbocycles. The first-order chi connectivity index (χ1) is 31.8. The predicted molar refractivity (Wildman–Crippen MR) is 266 cm³/mol. The summed E-state index contributed by atoms with van der Waals surface area (Å²) in [7, 11) is 0. The molecule has 0 saturated heterocycles. The van der Waals surface area contributed by atoms with Gasteiger partial charge in [-0.15, -0.1) is 0 Å². The lowest BCUT2D eigenvalue weighted by molar-refractivity contribution is 0.330. The summed E-state index contributed by atoms with van der Waals surface area (Å²) in [5.41, 5.74) is 7.30. The van der Waals surface area contributed by atoms with Crippen LogP contribution in [0.3, 0.4) is 0 Å². The van der Waals surface area contributed by atoms with Gasteiger partial charge in [0.2, 0.25) is 23.2 Å². The molecule has 9 heteroatoms. The Bertz CT molecular complexity index is 3620. The Hall–Kier alpha value is -8.56. The highest BCUT2D eigenvalue weighted by Crippen LogP contribution is 2.55. The predicted octanol–water partition coefficient (Wildman–Crippen LogP) is 14.0. The summed E-state index contributed by atoms with van der Waals surface area (Å²) in [6, 6.07) is 51.1. The van der Waals surface area contributed by atoms with Gasteiger partial charge in [0.25, 0.3) is 0 Å². The molecule has 0 unspecified atom stereocenters. The molecule has 0 radical (unpaired) electrons. The maximum Gasteiger partial charge on any atom is 0.235 e. The molecule has 3 aromatic heterocycles. The normalized spacial score (nSPS) is 11.6. The summed E-state index contributed by atoms with van der Waals surface area (Å²) < 4.78 is 4.23. The zero-order chi connectivity index (χ0) is 45.4. The molecule has 5 N–H and O–H groups in total. The fraction of sp³-hybridized carbons (Fsp3) is 0.0714. The van der Waals surface area contributed by atoms with E-state index in [-0.39, 0.29) is 17.2 Å². The van der Waals surface area contributed by atoms with Gasteiger partial charge in [-0.1, -0.05) is 135 Å². The molecule has 65 heavy (non-hydrogen) atoms. The number of fused-ring (bicyclic) bond motifs is 9. The molecule has 320 valence electrons. The van der Waals surface area contributed by atoms with Crippen LogP contribution >= 0.6 is 0 Å². The molecular formula is C56H46N4O5. The lowest BCUT2D eigenvalue weighted by atomic mass is 9.99. The highest BCUT2D eigenvalue weighted by atomic mass is 16.4. The second-order valence-corrected chi connectivity index (χ2v) is 15.2. The fourth-order valence-electron chi connectivity index (χ4n) is 8.65. The van der Waals surface area contributed by atoms with E-state index in [0.717, 1.165) is 65.8 Å². The number of hydrogen-bond acceptors (Lipinski definition) is 7. The van der Waals surface area contributed by atoms with Crippen LogP contribution < -0.4 is 0 Å². The molecule has 11 rings (SSSR count). The average molecular weight is 855 g/mol. The van der Waals surface area contributed by atoms with Gasteiger partial charge in [0.1, 0.15) is 0 Å². The van der Waals surface area contributed by atoms with Crippen LogP contribution in [0.2, 0.25) is 0 Å². The number of nitrogens with zero attached hydrogens (tertiary/aromatic N) is 4. The molecule has 11 aromatic rings. The standard InChI is InChI=1S/C48H30N4O5.C6H10.C2H6/c53-43-40(44(54)46(56)47(57)45(43)55)42-33-21-18-26-10-4-5-13-30(26)41(33)49-48(50-42)52-37-17-9-7-15-32(37)35-25-28(20-23-39(35)52)27-19-22-38-34(24-27)31-14-6-8-16-36(31)51(38)29-11-2-1-3-12-29;1-3-5-6-4-2;1-2/h1-25,53-57H;3-6H,1-2H3;1-2H3/b;5-3-,6-4-;. The number of allylic oxidation sites excluding steroid dienone is 4. The monoisotopic (exact) mass is 854 g/mol. The number of phenolic OH excluding ortho intramolecular Hbond substituents is 5. The molecule has 0 atom stereocenters. The first kappa shape index (κ1) is 41.8. The summed E-state index contributed by atoms with van der Waals surface area (Å²) in [4.78, 5) is 10.1. The van der Waals surface area contributed by atoms with Gasteiger partial charge in [0.05, 0.1) is 38.8 Å². The van der Waals surface area contributed by atoms with Gasteiger partial charge in [0.15, 0.2) is 11.5 Å². The SMILES string of the molecule is C/C=C\C=C/C.CC.Oc1c(O)c(O)c(-c2nc(-n3c4ccccc4c4cc(-c5ccc6c(c5)c5ccccc5n6-c5ccccc5)ccc43)nc3c2ccc2ccccc23)c(O)c1O. The summed E-state index contributed by atoms with van der Waals surface area (Å²) in [6.07, 6.45) is 8.00. The molecule has 0 fully saturated rings. The average Bonchev–Trinajstić information content (AvgIpc) is 3.87. The fourth-order valence-corrected chi connectivity index (χ4v) is 8.65. The van der Waals surface area contributed by atoms with Gasteiger partial charge < -0.3 is 30.1 Å². The molecule has 9 nitrogen and oxygen atoms in total. The van der Waals surface area contributed by atoms with Crippen LogP contribution in [0.25, 0.3) is 99.3 Å². The van der Waals surface area contributed by atoms with Crippen LogP contribution in [0.15, 0.2) is 176 Å². The van der Waals surface area contributed by atoms with Crippen molar-refractivity contribution in [2.75, 3.05) is 0 Å². The summed E-state index contributed by atoms with van der Waals surface area (Å²) >= 11 is 0. The number of aromatic hydroxyl groups is 5. The first-order valence-corrected chi connectivity index (χ1v) is 21.5. The summed E-state index contributed by atoms with van der Waals surface area (Å²) in [6.45, 7) is 8.00. The minimum atomic E-state index is -1.04. The summed E-state index contributed by atoms with van der Waals surface area (Å²) in [5.74, 6) is -4.45. The highest BCUT2D eigenvalue weighted by Gasteiger charge is 2.28. The molecular weight excluding hydrogens is 809 g/mol. The van der Waals surface area contributed by atoms with Crippen molar-refractivity contribution in [3.63, 3.8) is 0 Å². The Morgan fingerprint density at radius 3 is 1.48 bits per heavy atom. The molecule has 3 heterocycles. The van der Waals surface area contributed by atoms with Gasteiger partial charge in [-0.2, -0.15) is 0 Å². The van der Waals surface area contributed by atoms with Crippen LogP contribution in [0.5, 0.6) is 28.7 Å². The Kier molecular flexibility index (Phi) is 11.1. The smallest absolute Gasteiger partial charge is 0.235 e. The number of hydrogen-bond donors (Lipinski definition) is 5. The van der Waals surface area contributed by atoms with E-state index >= 15 is 0 Å². The zero-order valence-corrected chi connectivity index (χ0v) is 36.3. The van der Waals surface area contributed by atoms with Crippen LogP contribution in [-0.4, -0.2) is 44.6 Å². The van der Waals surface area contributed by atoms with Crippen molar-refractivity contribution in [1.29, 1.82) is 0 Å². The van der Waals surface area contributed by atoms with Crippen LogP contribution in [0.4, 0.5) is 0 Å². The minimum Gasteiger partial charge on any atom is -0.504 e. The molecule has 0 aliphatic carbocycles. The highest BCUT2D eigenvalue weighted by molar-refractivity contribution is 6.14. The largest absolute Gasteiger partial charge is 0.504 e. The van der Waals surface area contributed by atoms with Gasteiger partial charge in [-0.25, -0.2) is 9.97 Å². The number of phenols is 5. The number of rotatable bonds is 5. The quantitative estimate of drug-likeness (QED) is 0.0503. The van der Waals surface area contributed by atoms with Crippen molar-refractivity contribution in [3.05, 3.63) is 176 Å². The zero-order valence-electron chi connectivity index (χ0n) is 36.3. The maximum absolute atomic E-state index is 11.1. The minimum absolute atomic E-state index is 0.0480. The molecule has 0 aliphatic rings. The maximum atomic E-state index is 11.1. The number of benzene rings is 8. The van der Waals surface area contributed by atoms with Crippen LogP contribution in [-0.2, 0) is 0 Å². The number of aromatic nitrogens is 4. The van der Waals surface area contributed by atoms with Crippen LogP contribution in [0, 0.1) is 0 Å². The van der Waals surface area contributed by atoms with Gasteiger partial charge in [-0.3, -0.25) is 4.57 Å². The lowest BCUT2D eigenvalue weighted by Crippen LogP contribution is -2.04. The van der Waals surface area contributed by atoms with Crippen molar-refractivity contribution in [3.8, 4) is 62.8 Å². The number of para-hydroxylation sites is 3. The lowest BCUT2D eigenvalue weighted by Gasteiger charge is -2.16. The van der Waals surface area contributed by atoms with Crippen molar-refractivity contribution in [2.24, 2.45) is 0 Å². The van der Waals surface area contributed by atoms with Crippen molar-refractivity contribution in [2.45, 2.75) is 27.7 Å². The second kappa shape index (κ2) is 17.3. The second-order valence-electron chi connectivity index (χ2n) is 15.2. The molecule has 0 bridgehead atoms. The van der Waals surface area contributed by atoms with E-state index < -0.39 is 28.7 Å². The molecule has 0 amide bonds. The third-order valence-corrected chi connectivity index (χ3v) is 11.6. The van der Waals surface area contributed by atoms with E-state index in [1.54, 1.807) is 6.07 Å². The van der Waals surface area contributed by atoms with E-state index in [2.05, 4.69) is 89.5 Å². The van der Waals surface area contributed by atoms with E-state index in [4.69, 9.17) is 9.97 Å².